The molecule has 0 spiro atoms. The van der Waals surface area contributed by atoms with Gasteiger partial charge in [-0.3, -0.25) is 9.89 Å². The van der Waals surface area contributed by atoms with Gasteiger partial charge in [0.05, 0.1) is 20.3 Å². The standard InChI is InChI=1S/C35H45N3O2.C2H6/c1-6-25-17-14-18-26(7-2)33(25)35-36-34(29-23-28(39-4)20-21-32(29)40-5)31(38(35)8-3)24-37-22-13-12-19-30(37)27-15-10-9-11-16-27;1-2/h9-11,14-18,20-21,23,30-31,34H,6-8,12-13,19,22,24H2,1-5H3;1-2H3. The van der Waals surface area contributed by atoms with Gasteiger partial charge in [0.25, 0.3) is 0 Å². The Labute approximate surface area is 254 Å². The number of hydrogen-bond donors (Lipinski definition) is 0. The first kappa shape index (κ1) is 31.6. The van der Waals surface area contributed by atoms with Gasteiger partial charge in [0.15, 0.2) is 0 Å². The SMILES string of the molecule is CC.CCc1cccc(CC)c1C1=NC(c2cc(OC)ccc2OC)C(CN2CCCCC2c2ccccc2)N1CC. The Morgan fingerprint density at radius 2 is 1.55 bits per heavy atom. The van der Waals surface area contributed by atoms with Crippen molar-refractivity contribution in [2.45, 2.75) is 84.8 Å². The van der Waals surface area contributed by atoms with Crippen molar-refractivity contribution in [3.8, 4) is 11.5 Å². The highest BCUT2D eigenvalue weighted by Gasteiger charge is 2.41. The number of amidine groups is 1. The summed E-state index contributed by atoms with van der Waals surface area (Å²) in [5.41, 5.74) is 6.58. The molecule has 1 fully saturated rings. The van der Waals surface area contributed by atoms with E-state index in [-0.39, 0.29) is 12.1 Å². The molecule has 5 rings (SSSR count). The van der Waals surface area contributed by atoms with Crippen LogP contribution in [-0.4, -0.2) is 55.5 Å². The number of nitrogens with zero attached hydrogens (tertiary/aromatic N) is 3. The van der Waals surface area contributed by atoms with E-state index in [1.807, 2.05) is 26.0 Å². The average Bonchev–Trinajstić information content (AvgIpc) is 3.42. The number of ether oxygens (including phenoxy) is 2. The Morgan fingerprint density at radius 1 is 0.833 bits per heavy atom. The quantitative estimate of drug-likeness (QED) is 0.246. The van der Waals surface area contributed by atoms with Crippen molar-refractivity contribution in [2.24, 2.45) is 4.99 Å². The van der Waals surface area contributed by atoms with Crippen LogP contribution in [0.15, 0.2) is 71.7 Å². The molecule has 42 heavy (non-hydrogen) atoms. The lowest BCUT2D eigenvalue weighted by Crippen LogP contribution is -2.48. The molecule has 2 heterocycles. The zero-order chi connectivity index (χ0) is 30.1. The smallest absolute Gasteiger partial charge is 0.132 e. The lowest BCUT2D eigenvalue weighted by molar-refractivity contribution is 0.110. The maximum atomic E-state index is 5.93. The van der Waals surface area contributed by atoms with Crippen LogP contribution in [0.1, 0.15) is 93.8 Å². The highest BCUT2D eigenvalue weighted by Crippen LogP contribution is 2.42. The Kier molecular flexibility index (Phi) is 11.5. The molecule has 0 amide bonds. The van der Waals surface area contributed by atoms with Gasteiger partial charge in [0.1, 0.15) is 23.4 Å². The molecule has 0 aliphatic carbocycles. The number of aliphatic imine (C=N–C) groups is 1. The van der Waals surface area contributed by atoms with Gasteiger partial charge < -0.3 is 14.4 Å². The molecule has 2 aliphatic heterocycles. The first-order valence-corrected chi connectivity index (χ1v) is 16.1. The molecule has 5 nitrogen and oxygen atoms in total. The number of hydrogen-bond acceptors (Lipinski definition) is 5. The van der Waals surface area contributed by atoms with Crippen LogP contribution < -0.4 is 9.47 Å². The molecule has 0 saturated carbocycles. The zero-order valence-electron chi connectivity index (χ0n) is 26.9. The van der Waals surface area contributed by atoms with Gasteiger partial charge in [-0.1, -0.05) is 82.6 Å². The predicted molar refractivity (Wildman–Crippen MR) is 176 cm³/mol. The van der Waals surface area contributed by atoms with E-state index in [2.05, 4.69) is 85.2 Å². The maximum absolute atomic E-state index is 5.93. The summed E-state index contributed by atoms with van der Waals surface area (Å²) in [4.78, 5) is 10.9. The van der Waals surface area contributed by atoms with Crippen molar-refractivity contribution >= 4 is 5.84 Å². The Morgan fingerprint density at radius 3 is 2.17 bits per heavy atom. The van der Waals surface area contributed by atoms with E-state index >= 15 is 0 Å². The maximum Gasteiger partial charge on any atom is 0.132 e. The van der Waals surface area contributed by atoms with Gasteiger partial charge in [-0.15, -0.1) is 0 Å². The minimum Gasteiger partial charge on any atom is -0.497 e. The van der Waals surface area contributed by atoms with Crippen molar-refractivity contribution < 1.29 is 9.47 Å². The molecule has 5 heteroatoms. The van der Waals surface area contributed by atoms with Crippen LogP contribution in [0, 0.1) is 0 Å². The van der Waals surface area contributed by atoms with Crippen LogP contribution in [0.25, 0.3) is 0 Å². The Balaban J connectivity index is 0.00000198. The van der Waals surface area contributed by atoms with E-state index in [0.717, 1.165) is 55.4 Å². The Bertz CT molecular complexity index is 1280. The van der Waals surface area contributed by atoms with Crippen LogP contribution >= 0.6 is 0 Å². The fourth-order valence-electron chi connectivity index (χ4n) is 6.79. The van der Waals surface area contributed by atoms with E-state index in [0.29, 0.717) is 6.04 Å². The molecule has 0 aromatic heterocycles. The van der Waals surface area contributed by atoms with Crippen molar-refractivity contribution in [3.05, 3.63) is 94.5 Å². The number of piperidine rings is 1. The van der Waals surface area contributed by atoms with Crippen molar-refractivity contribution in [2.75, 3.05) is 33.9 Å². The van der Waals surface area contributed by atoms with E-state index in [1.54, 1.807) is 14.2 Å². The first-order valence-electron chi connectivity index (χ1n) is 16.1. The number of likely N-dealkylation sites (N-methyl/N-ethyl adjacent to an activating group) is 1. The van der Waals surface area contributed by atoms with E-state index in [1.165, 1.54) is 41.5 Å². The lowest BCUT2D eigenvalue weighted by atomic mass is 9.92. The minimum absolute atomic E-state index is 0.0621. The number of benzene rings is 3. The molecule has 0 radical (unpaired) electrons. The van der Waals surface area contributed by atoms with Crippen LogP contribution in [0.3, 0.4) is 0 Å². The summed E-state index contributed by atoms with van der Waals surface area (Å²) in [7, 11) is 3.49. The van der Waals surface area contributed by atoms with Crippen LogP contribution in [0.5, 0.6) is 11.5 Å². The first-order chi connectivity index (χ1) is 20.6. The number of aryl methyl sites for hydroxylation is 2. The molecule has 3 unspecified atom stereocenters. The second-order valence-electron chi connectivity index (χ2n) is 10.9. The number of likely N-dealkylation sites (tertiary alicyclic amines) is 1. The van der Waals surface area contributed by atoms with E-state index in [4.69, 9.17) is 14.5 Å². The third-order valence-electron chi connectivity index (χ3n) is 8.84. The lowest BCUT2D eigenvalue weighted by Gasteiger charge is -2.41. The van der Waals surface area contributed by atoms with Crippen molar-refractivity contribution in [1.29, 1.82) is 0 Å². The third kappa shape index (κ3) is 6.52. The van der Waals surface area contributed by atoms with Crippen LogP contribution in [0.4, 0.5) is 0 Å². The van der Waals surface area contributed by atoms with Crippen molar-refractivity contribution in [1.82, 2.24) is 9.80 Å². The second-order valence-corrected chi connectivity index (χ2v) is 10.9. The van der Waals surface area contributed by atoms with Gasteiger partial charge in [-0.05, 0) is 74.0 Å². The number of methoxy groups -OCH3 is 2. The molecule has 1 saturated heterocycles. The largest absolute Gasteiger partial charge is 0.497 e. The summed E-state index contributed by atoms with van der Waals surface area (Å²) in [6, 6.07) is 24.5. The van der Waals surface area contributed by atoms with Gasteiger partial charge in [0.2, 0.25) is 0 Å². The molecule has 226 valence electrons. The summed E-state index contributed by atoms with van der Waals surface area (Å²) < 4.78 is 11.6. The highest BCUT2D eigenvalue weighted by atomic mass is 16.5. The van der Waals surface area contributed by atoms with Crippen LogP contribution in [-0.2, 0) is 12.8 Å². The normalized spacial score (nSPS) is 20.5. The monoisotopic (exact) mass is 569 g/mol. The summed E-state index contributed by atoms with van der Waals surface area (Å²) in [6.07, 6.45) is 5.68. The Hall–Kier alpha value is -3.31. The summed E-state index contributed by atoms with van der Waals surface area (Å²) >= 11 is 0. The molecule has 3 atom stereocenters. The van der Waals surface area contributed by atoms with Gasteiger partial charge in [-0.25, -0.2) is 0 Å². The van der Waals surface area contributed by atoms with E-state index < -0.39 is 0 Å². The average molecular weight is 570 g/mol. The van der Waals surface area contributed by atoms with Gasteiger partial charge in [0, 0.05) is 30.3 Å². The molecule has 0 N–H and O–H groups in total. The highest BCUT2D eigenvalue weighted by molar-refractivity contribution is 6.03. The van der Waals surface area contributed by atoms with Crippen LogP contribution in [0.2, 0.25) is 0 Å². The molecule has 2 aliphatic rings. The topological polar surface area (TPSA) is 37.3 Å². The molecule has 3 aromatic carbocycles. The van der Waals surface area contributed by atoms with Gasteiger partial charge in [-0.2, -0.15) is 0 Å². The minimum atomic E-state index is -0.0621. The summed E-state index contributed by atoms with van der Waals surface area (Å²) in [6.45, 7) is 13.7. The second kappa shape index (κ2) is 15.2. The zero-order valence-corrected chi connectivity index (χ0v) is 26.9. The third-order valence-corrected chi connectivity index (χ3v) is 8.84. The summed E-state index contributed by atoms with van der Waals surface area (Å²) in [5.74, 6) is 2.84. The molecular weight excluding hydrogens is 518 g/mol. The van der Waals surface area contributed by atoms with E-state index in [9.17, 15) is 0 Å². The molecule has 3 aromatic rings. The number of rotatable bonds is 10. The predicted octanol–water partition coefficient (Wildman–Crippen LogP) is 8.27. The van der Waals surface area contributed by atoms with Gasteiger partial charge >= 0.3 is 0 Å². The van der Waals surface area contributed by atoms with Crippen molar-refractivity contribution in [3.63, 3.8) is 0 Å². The molecule has 0 bridgehead atoms. The summed E-state index contributed by atoms with van der Waals surface area (Å²) in [5, 5.41) is 0. The fourth-order valence-corrected chi connectivity index (χ4v) is 6.79. The fraction of sp³-hybridized carbons (Fsp3) is 0.486. The molecular formula is C37H51N3O2.